The molecule has 2 heterocycles. The second-order valence-electron chi connectivity index (χ2n) is 5.63. The highest BCUT2D eigenvalue weighted by Crippen LogP contribution is 2.28. The van der Waals surface area contributed by atoms with Crippen molar-refractivity contribution in [2.45, 2.75) is 32.2 Å². The van der Waals surface area contributed by atoms with Crippen LogP contribution in [0, 0.1) is 5.41 Å². The largest absolute Gasteiger partial charge is 0.381 e. The van der Waals surface area contributed by atoms with Crippen LogP contribution in [0.25, 0.3) is 0 Å². The molecule has 2 N–H and O–H groups in total. The standard InChI is InChI=1S/C13H24N2O3/c1-13(2-5-17-6-3-13)10-15-12(16)8-11-9-18-7-4-14-11/h11,14H,2-10H2,1H3,(H,15,16). The molecule has 1 unspecified atom stereocenters. The van der Waals surface area contributed by atoms with Crippen LogP contribution in [-0.4, -0.2) is 51.5 Å². The molecular weight excluding hydrogens is 232 g/mol. The lowest BCUT2D eigenvalue weighted by molar-refractivity contribution is -0.123. The molecule has 0 aromatic rings. The molecule has 2 fully saturated rings. The van der Waals surface area contributed by atoms with Gasteiger partial charge in [-0.2, -0.15) is 0 Å². The third-order valence-corrected chi connectivity index (χ3v) is 3.84. The lowest BCUT2D eigenvalue weighted by atomic mass is 9.82. The van der Waals surface area contributed by atoms with E-state index in [-0.39, 0.29) is 17.4 Å². The Morgan fingerprint density at radius 1 is 1.33 bits per heavy atom. The van der Waals surface area contributed by atoms with E-state index in [0.717, 1.165) is 45.8 Å². The SMILES string of the molecule is CC1(CNC(=O)CC2COCCN2)CCOCC1. The van der Waals surface area contributed by atoms with Crippen molar-refractivity contribution in [3.8, 4) is 0 Å². The number of hydrogen-bond donors (Lipinski definition) is 2. The maximum absolute atomic E-state index is 11.9. The van der Waals surface area contributed by atoms with Crippen molar-refractivity contribution >= 4 is 5.91 Å². The van der Waals surface area contributed by atoms with Gasteiger partial charge >= 0.3 is 0 Å². The fourth-order valence-corrected chi connectivity index (χ4v) is 2.40. The molecule has 0 aromatic heterocycles. The Kier molecular flexibility index (Phi) is 4.97. The molecule has 0 radical (unpaired) electrons. The molecule has 1 atom stereocenters. The average molecular weight is 256 g/mol. The van der Waals surface area contributed by atoms with Crippen LogP contribution >= 0.6 is 0 Å². The lowest BCUT2D eigenvalue weighted by Gasteiger charge is -2.33. The van der Waals surface area contributed by atoms with Crippen LogP contribution in [0.5, 0.6) is 0 Å². The quantitative estimate of drug-likeness (QED) is 0.759. The van der Waals surface area contributed by atoms with Gasteiger partial charge in [-0.1, -0.05) is 6.92 Å². The molecule has 0 aromatic carbocycles. The molecule has 0 spiro atoms. The summed E-state index contributed by atoms with van der Waals surface area (Å²) in [4.78, 5) is 11.9. The summed E-state index contributed by atoms with van der Waals surface area (Å²) >= 11 is 0. The van der Waals surface area contributed by atoms with Gasteiger partial charge in [0.15, 0.2) is 0 Å². The molecule has 2 aliphatic rings. The summed E-state index contributed by atoms with van der Waals surface area (Å²) in [5, 5.41) is 6.34. The van der Waals surface area contributed by atoms with Crippen LogP contribution in [0.4, 0.5) is 0 Å². The molecular formula is C13H24N2O3. The molecule has 2 saturated heterocycles. The van der Waals surface area contributed by atoms with Gasteiger partial charge in [0, 0.05) is 38.8 Å². The van der Waals surface area contributed by atoms with E-state index < -0.39 is 0 Å². The summed E-state index contributed by atoms with van der Waals surface area (Å²) in [7, 11) is 0. The highest BCUT2D eigenvalue weighted by Gasteiger charge is 2.28. The average Bonchev–Trinajstić information content (AvgIpc) is 2.39. The summed E-state index contributed by atoms with van der Waals surface area (Å²) in [6, 6.07) is 0.168. The number of rotatable bonds is 4. The second-order valence-corrected chi connectivity index (χ2v) is 5.63. The fraction of sp³-hybridized carbons (Fsp3) is 0.923. The third kappa shape index (κ3) is 4.23. The third-order valence-electron chi connectivity index (χ3n) is 3.84. The Balaban J connectivity index is 1.67. The van der Waals surface area contributed by atoms with Crippen molar-refractivity contribution in [1.29, 1.82) is 0 Å². The van der Waals surface area contributed by atoms with Crippen LogP contribution in [-0.2, 0) is 14.3 Å². The van der Waals surface area contributed by atoms with Crippen molar-refractivity contribution in [2.75, 3.05) is 39.5 Å². The first-order chi connectivity index (χ1) is 8.68. The van der Waals surface area contributed by atoms with E-state index in [1.54, 1.807) is 0 Å². The van der Waals surface area contributed by atoms with E-state index in [4.69, 9.17) is 9.47 Å². The summed E-state index contributed by atoms with van der Waals surface area (Å²) in [5.74, 6) is 0.116. The number of morpholine rings is 1. The summed E-state index contributed by atoms with van der Waals surface area (Å²) in [6.45, 7) is 6.82. The van der Waals surface area contributed by atoms with Gasteiger partial charge in [0.2, 0.25) is 5.91 Å². The number of nitrogens with one attached hydrogen (secondary N) is 2. The molecule has 0 saturated carbocycles. The Morgan fingerprint density at radius 2 is 2.11 bits per heavy atom. The van der Waals surface area contributed by atoms with E-state index in [1.165, 1.54) is 0 Å². The van der Waals surface area contributed by atoms with E-state index in [0.29, 0.717) is 13.0 Å². The van der Waals surface area contributed by atoms with Crippen molar-refractivity contribution in [3.05, 3.63) is 0 Å². The molecule has 18 heavy (non-hydrogen) atoms. The Bertz CT molecular complexity index is 271. The maximum atomic E-state index is 11.9. The molecule has 0 aliphatic carbocycles. The minimum Gasteiger partial charge on any atom is -0.381 e. The van der Waals surface area contributed by atoms with Crippen LogP contribution in [0.2, 0.25) is 0 Å². The van der Waals surface area contributed by atoms with Crippen molar-refractivity contribution in [2.24, 2.45) is 5.41 Å². The van der Waals surface area contributed by atoms with Gasteiger partial charge in [-0.15, -0.1) is 0 Å². The van der Waals surface area contributed by atoms with Crippen molar-refractivity contribution in [1.82, 2.24) is 10.6 Å². The van der Waals surface area contributed by atoms with Gasteiger partial charge in [-0.05, 0) is 18.3 Å². The second kappa shape index (κ2) is 6.50. The van der Waals surface area contributed by atoms with E-state index in [1.807, 2.05) is 0 Å². The van der Waals surface area contributed by atoms with E-state index >= 15 is 0 Å². The summed E-state index contributed by atoms with van der Waals surface area (Å²) < 4.78 is 10.7. The Hall–Kier alpha value is -0.650. The zero-order chi connectivity index (χ0) is 12.8. The first-order valence-corrected chi connectivity index (χ1v) is 6.84. The van der Waals surface area contributed by atoms with E-state index in [2.05, 4.69) is 17.6 Å². The van der Waals surface area contributed by atoms with Gasteiger partial charge in [0.1, 0.15) is 0 Å². The summed E-state index contributed by atoms with van der Waals surface area (Å²) in [6.07, 6.45) is 2.56. The van der Waals surface area contributed by atoms with Gasteiger partial charge in [-0.3, -0.25) is 4.79 Å². The lowest BCUT2D eigenvalue weighted by Crippen LogP contribution is -2.46. The monoisotopic (exact) mass is 256 g/mol. The molecule has 5 nitrogen and oxygen atoms in total. The van der Waals surface area contributed by atoms with Crippen LogP contribution < -0.4 is 10.6 Å². The van der Waals surface area contributed by atoms with Gasteiger partial charge in [0.25, 0.3) is 0 Å². The van der Waals surface area contributed by atoms with Crippen LogP contribution in [0.3, 0.4) is 0 Å². The normalized spacial score (nSPS) is 27.7. The van der Waals surface area contributed by atoms with Gasteiger partial charge < -0.3 is 20.1 Å². The molecule has 5 heteroatoms. The van der Waals surface area contributed by atoms with Crippen molar-refractivity contribution < 1.29 is 14.3 Å². The first kappa shape index (κ1) is 13.8. The van der Waals surface area contributed by atoms with E-state index in [9.17, 15) is 4.79 Å². The van der Waals surface area contributed by atoms with Gasteiger partial charge in [0.05, 0.1) is 13.2 Å². The fourth-order valence-electron chi connectivity index (χ4n) is 2.40. The smallest absolute Gasteiger partial charge is 0.221 e. The molecule has 0 bridgehead atoms. The van der Waals surface area contributed by atoms with Crippen LogP contribution in [0.15, 0.2) is 0 Å². The summed E-state index contributed by atoms with van der Waals surface area (Å²) in [5.41, 5.74) is 0.199. The minimum atomic E-state index is 0.116. The number of hydrogen-bond acceptors (Lipinski definition) is 4. The Labute approximate surface area is 109 Å². The topological polar surface area (TPSA) is 59.6 Å². The number of amides is 1. The Morgan fingerprint density at radius 3 is 2.78 bits per heavy atom. The maximum Gasteiger partial charge on any atom is 0.221 e. The predicted molar refractivity (Wildman–Crippen MR) is 68.4 cm³/mol. The van der Waals surface area contributed by atoms with Gasteiger partial charge in [-0.25, -0.2) is 0 Å². The highest BCUT2D eigenvalue weighted by atomic mass is 16.5. The first-order valence-electron chi connectivity index (χ1n) is 6.84. The zero-order valence-electron chi connectivity index (χ0n) is 11.2. The molecule has 2 rings (SSSR count). The molecule has 1 amide bonds. The highest BCUT2D eigenvalue weighted by molar-refractivity contribution is 5.76. The number of ether oxygens (including phenoxy) is 2. The number of carbonyl (C=O) groups is 1. The molecule has 104 valence electrons. The number of carbonyl (C=O) groups excluding carboxylic acids is 1. The van der Waals surface area contributed by atoms with Crippen LogP contribution in [0.1, 0.15) is 26.2 Å². The zero-order valence-corrected chi connectivity index (χ0v) is 11.2. The predicted octanol–water partition coefficient (Wildman–Crippen LogP) is 0.298. The van der Waals surface area contributed by atoms with Crippen molar-refractivity contribution in [3.63, 3.8) is 0 Å². The minimum absolute atomic E-state index is 0.116. The molecule has 2 aliphatic heterocycles.